The van der Waals surface area contributed by atoms with Crippen LogP contribution in [-0.2, 0) is 0 Å². The monoisotopic (exact) mass is 272 g/mol. The quantitative estimate of drug-likeness (QED) is 0.510. The lowest BCUT2D eigenvalue weighted by atomic mass is 9.91. The Morgan fingerprint density at radius 3 is 2.53 bits per heavy atom. The standard InChI is InChI=1S/C14H14BClN2O/c1-15(19)18-17-10-11-5-7-12(8-6-11)13-3-2-4-14(16)9-13/h2-10,18-19H,1H3/b17-10-. The average molecular weight is 273 g/mol. The molecule has 0 atom stereocenters. The third kappa shape index (κ3) is 4.12. The van der Waals surface area contributed by atoms with E-state index in [0.29, 0.717) is 0 Å². The van der Waals surface area contributed by atoms with E-state index in [1.54, 1.807) is 13.0 Å². The molecule has 0 fully saturated rings. The van der Waals surface area contributed by atoms with Gasteiger partial charge in [0.1, 0.15) is 0 Å². The van der Waals surface area contributed by atoms with Gasteiger partial charge in [-0.3, -0.25) is 0 Å². The first-order valence-corrected chi connectivity index (χ1v) is 6.35. The fraction of sp³-hybridized carbons (Fsp3) is 0.0714. The van der Waals surface area contributed by atoms with Crippen LogP contribution in [0.4, 0.5) is 0 Å². The molecule has 0 aliphatic heterocycles. The van der Waals surface area contributed by atoms with E-state index in [1.807, 2.05) is 48.5 Å². The fourth-order valence-electron chi connectivity index (χ4n) is 1.65. The van der Waals surface area contributed by atoms with E-state index < -0.39 is 7.05 Å². The van der Waals surface area contributed by atoms with Crippen molar-refractivity contribution in [2.24, 2.45) is 5.10 Å². The van der Waals surface area contributed by atoms with Crippen LogP contribution in [0.3, 0.4) is 0 Å². The summed E-state index contributed by atoms with van der Waals surface area (Å²) in [6, 6.07) is 15.7. The molecule has 0 unspecified atom stereocenters. The van der Waals surface area contributed by atoms with E-state index in [0.717, 1.165) is 21.7 Å². The Morgan fingerprint density at radius 2 is 1.89 bits per heavy atom. The van der Waals surface area contributed by atoms with Crippen LogP contribution in [0.15, 0.2) is 53.6 Å². The summed E-state index contributed by atoms with van der Waals surface area (Å²) in [6.07, 6.45) is 1.66. The Balaban J connectivity index is 2.12. The molecule has 96 valence electrons. The number of nitrogens with one attached hydrogen (secondary N) is 1. The highest BCUT2D eigenvalue weighted by molar-refractivity contribution is 6.45. The van der Waals surface area contributed by atoms with E-state index in [4.69, 9.17) is 16.6 Å². The number of nitrogens with zero attached hydrogens (tertiary/aromatic N) is 1. The van der Waals surface area contributed by atoms with Gasteiger partial charge in [0.2, 0.25) is 0 Å². The SMILES string of the molecule is CB(O)N/N=C\c1ccc(-c2cccc(Cl)c2)cc1. The minimum atomic E-state index is -0.651. The highest BCUT2D eigenvalue weighted by atomic mass is 35.5. The molecule has 2 N–H and O–H groups in total. The predicted molar refractivity (Wildman–Crippen MR) is 81.5 cm³/mol. The van der Waals surface area contributed by atoms with Gasteiger partial charge < -0.3 is 10.4 Å². The zero-order valence-electron chi connectivity index (χ0n) is 10.5. The number of hydrogen-bond donors (Lipinski definition) is 2. The van der Waals surface area contributed by atoms with Gasteiger partial charge in [0.25, 0.3) is 0 Å². The summed E-state index contributed by atoms with van der Waals surface area (Å²) in [7, 11) is -0.651. The van der Waals surface area contributed by atoms with Gasteiger partial charge in [-0.05, 0) is 35.6 Å². The Morgan fingerprint density at radius 1 is 1.16 bits per heavy atom. The summed E-state index contributed by atoms with van der Waals surface area (Å²) >= 11 is 5.97. The number of hydrogen-bond acceptors (Lipinski definition) is 3. The Bertz CT molecular complexity index is 570. The second kappa shape index (κ2) is 6.41. The maximum absolute atomic E-state index is 9.01. The maximum Gasteiger partial charge on any atom is 0.423 e. The number of hydrazone groups is 1. The van der Waals surface area contributed by atoms with Gasteiger partial charge in [-0.1, -0.05) is 48.0 Å². The fourth-order valence-corrected chi connectivity index (χ4v) is 1.84. The summed E-state index contributed by atoms with van der Waals surface area (Å²) in [4.78, 5) is 0. The lowest BCUT2D eigenvalue weighted by Crippen LogP contribution is -2.25. The van der Waals surface area contributed by atoms with Gasteiger partial charge in [-0.2, -0.15) is 5.10 Å². The molecule has 19 heavy (non-hydrogen) atoms. The highest BCUT2D eigenvalue weighted by Gasteiger charge is 1.99. The minimum Gasteiger partial charge on any atom is -0.432 e. The van der Waals surface area contributed by atoms with Crippen LogP contribution in [0.2, 0.25) is 11.8 Å². The van der Waals surface area contributed by atoms with Gasteiger partial charge in [0.15, 0.2) is 0 Å². The first-order chi connectivity index (χ1) is 9.15. The zero-order valence-corrected chi connectivity index (χ0v) is 11.3. The molecular weight excluding hydrogens is 258 g/mol. The third-order valence-corrected chi connectivity index (χ3v) is 2.78. The van der Waals surface area contributed by atoms with Crippen LogP contribution in [0.25, 0.3) is 11.1 Å². The Kier molecular flexibility index (Phi) is 4.60. The van der Waals surface area contributed by atoms with E-state index in [-0.39, 0.29) is 0 Å². The molecule has 5 heteroatoms. The Labute approximate surface area is 118 Å². The van der Waals surface area contributed by atoms with Crippen molar-refractivity contribution in [2.45, 2.75) is 6.82 Å². The number of rotatable bonds is 4. The molecule has 0 spiro atoms. The minimum absolute atomic E-state index is 0.651. The predicted octanol–water partition coefficient (Wildman–Crippen LogP) is 3.04. The van der Waals surface area contributed by atoms with E-state index in [2.05, 4.69) is 10.4 Å². The summed E-state index contributed by atoms with van der Waals surface area (Å²) < 4.78 is 0. The molecule has 0 aromatic heterocycles. The van der Waals surface area contributed by atoms with Gasteiger partial charge in [-0.25, -0.2) is 0 Å². The number of halogens is 1. The summed E-state index contributed by atoms with van der Waals surface area (Å²) in [5.41, 5.74) is 3.14. The molecule has 2 aromatic carbocycles. The average Bonchev–Trinajstić information content (AvgIpc) is 2.39. The topological polar surface area (TPSA) is 44.6 Å². The highest BCUT2D eigenvalue weighted by Crippen LogP contribution is 2.22. The van der Waals surface area contributed by atoms with Crippen LogP contribution in [0.5, 0.6) is 0 Å². The van der Waals surface area contributed by atoms with Crippen LogP contribution in [0, 0.1) is 0 Å². The molecule has 0 saturated heterocycles. The van der Waals surface area contributed by atoms with Crippen LogP contribution < -0.4 is 5.34 Å². The molecule has 0 aliphatic carbocycles. The van der Waals surface area contributed by atoms with E-state index in [9.17, 15) is 0 Å². The lowest BCUT2D eigenvalue weighted by molar-refractivity contribution is 0.559. The zero-order chi connectivity index (χ0) is 13.7. The van der Waals surface area contributed by atoms with Crippen molar-refractivity contribution in [1.82, 2.24) is 5.34 Å². The molecule has 0 amide bonds. The second-order valence-corrected chi connectivity index (χ2v) is 4.63. The molecule has 3 nitrogen and oxygen atoms in total. The van der Waals surface area contributed by atoms with Crippen molar-refractivity contribution >= 4 is 24.9 Å². The third-order valence-electron chi connectivity index (χ3n) is 2.54. The molecule has 2 rings (SSSR count). The molecular formula is C14H14BClN2O. The summed E-state index contributed by atoms with van der Waals surface area (Å²) in [6.45, 7) is 1.61. The first kappa shape index (κ1) is 13.7. The second-order valence-electron chi connectivity index (χ2n) is 4.20. The number of benzene rings is 2. The molecule has 0 heterocycles. The van der Waals surface area contributed by atoms with Crippen LogP contribution in [0.1, 0.15) is 5.56 Å². The smallest absolute Gasteiger partial charge is 0.423 e. The van der Waals surface area contributed by atoms with Crippen molar-refractivity contribution in [1.29, 1.82) is 0 Å². The van der Waals surface area contributed by atoms with E-state index in [1.165, 1.54) is 0 Å². The van der Waals surface area contributed by atoms with Gasteiger partial charge in [0, 0.05) is 5.02 Å². The normalized spacial score (nSPS) is 10.7. The van der Waals surface area contributed by atoms with Gasteiger partial charge in [-0.15, -0.1) is 0 Å². The molecule has 0 bridgehead atoms. The van der Waals surface area contributed by atoms with Gasteiger partial charge >= 0.3 is 7.05 Å². The van der Waals surface area contributed by atoms with Crippen molar-refractivity contribution in [2.75, 3.05) is 0 Å². The lowest BCUT2D eigenvalue weighted by Gasteiger charge is -2.03. The van der Waals surface area contributed by atoms with Crippen LogP contribution >= 0.6 is 11.6 Å². The molecule has 2 aromatic rings. The van der Waals surface area contributed by atoms with E-state index >= 15 is 0 Å². The Hall–Kier alpha value is -1.78. The largest absolute Gasteiger partial charge is 0.432 e. The first-order valence-electron chi connectivity index (χ1n) is 5.98. The summed E-state index contributed by atoms with van der Waals surface area (Å²) in [5.74, 6) is 0. The van der Waals surface area contributed by atoms with Crippen molar-refractivity contribution in [3.8, 4) is 11.1 Å². The molecule has 0 aliphatic rings. The van der Waals surface area contributed by atoms with Crippen molar-refractivity contribution < 1.29 is 5.02 Å². The van der Waals surface area contributed by atoms with Gasteiger partial charge in [0.05, 0.1) is 6.21 Å². The maximum atomic E-state index is 9.01. The molecule has 0 radical (unpaired) electrons. The molecule has 0 saturated carbocycles. The van der Waals surface area contributed by atoms with Crippen LogP contribution in [-0.4, -0.2) is 18.3 Å². The summed E-state index contributed by atoms with van der Waals surface area (Å²) in [5, 5.41) is 16.2. The van der Waals surface area contributed by atoms with Crippen molar-refractivity contribution in [3.63, 3.8) is 0 Å². The van der Waals surface area contributed by atoms with Crippen molar-refractivity contribution in [3.05, 3.63) is 59.1 Å².